The Kier molecular flexibility index (Phi) is 3.98. The van der Waals surface area contributed by atoms with Crippen LogP contribution < -0.4 is 5.19 Å². The maximum Gasteiger partial charge on any atom is 0.388 e. The molecule has 8 atom stereocenters. The normalized spacial score (nSPS) is 40.8. The molecule has 0 aromatic heterocycles. The number of hydrogen-bond donors (Lipinski definition) is 0. The van der Waals surface area contributed by atoms with E-state index in [4.69, 9.17) is 15.5 Å². The highest BCUT2D eigenvalue weighted by molar-refractivity contribution is 7.25. The monoisotopic (exact) mass is 400 g/mol. The maximum atomic E-state index is 13.4. The Morgan fingerprint density at radius 2 is 1.70 bits per heavy atom. The van der Waals surface area contributed by atoms with Crippen LogP contribution >= 0.6 is 11.1 Å². The summed E-state index contributed by atoms with van der Waals surface area (Å²) in [6.07, 6.45) is 8.44. The van der Waals surface area contributed by atoms with Crippen LogP contribution in [0.4, 0.5) is 0 Å². The van der Waals surface area contributed by atoms with Gasteiger partial charge in [0.2, 0.25) is 0 Å². The number of allylic oxidation sites excluding steroid dienone is 2. The number of benzene rings is 1. The molecule has 144 valence electrons. The van der Waals surface area contributed by atoms with Crippen LogP contribution in [0.1, 0.15) is 40.0 Å². The minimum atomic E-state index is -2.93. The van der Waals surface area contributed by atoms with Crippen LogP contribution in [0, 0.1) is 41.4 Å². The molecule has 0 heterocycles. The Bertz CT molecular complexity index is 785. The van der Waals surface area contributed by atoms with Gasteiger partial charge in [0.15, 0.2) is 0 Å². The lowest BCUT2D eigenvalue weighted by molar-refractivity contribution is -0.142. The largest absolute Gasteiger partial charge is 0.499 e. The average Bonchev–Trinajstić information content (AvgIpc) is 3.39. The second-order valence-electron chi connectivity index (χ2n) is 10.2. The zero-order valence-electron chi connectivity index (χ0n) is 16.4. The van der Waals surface area contributed by atoms with Gasteiger partial charge in [-0.3, -0.25) is 4.79 Å². The molecule has 0 aliphatic heterocycles. The zero-order valence-corrected chi connectivity index (χ0v) is 18.2. The summed E-state index contributed by atoms with van der Waals surface area (Å²) in [5.74, 6) is 4.31. The molecule has 4 aliphatic rings. The van der Waals surface area contributed by atoms with E-state index in [1.807, 2.05) is 30.3 Å². The van der Waals surface area contributed by atoms with E-state index in [1.165, 1.54) is 12.8 Å². The highest BCUT2D eigenvalue weighted by Crippen LogP contribution is 2.67. The molecule has 2 nitrogen and oxygen atoms in total. The van der Waals surface area contributed by atoms with Crippen LogP contribution in [0.2, 0.25) is 5.04 Å². The molecule has 4 bridgehead atoms. The van der Waals surface area contributed by atoms with E-state index in [1.54, 1.807) is 0 Å². The fourth-order valence-electron chi connectivity index (χ4n) is 6.80. The molecule has 1 aromatic rings. The highest BCUT2D eigenvalue weighted by Gasteiger charge is 2.63. The van der Waals surface area contributed by atoms with Crippen molar-refractivity contribution in [2.45, 2.75) is 45.1 Å². The maximum absolute atomic E-state index is 13.4. The fraction of sp³-hybridized carbons (Fsp3) is 0.609. The lowest BCUT2D eigenvalue weighted by Gasteiger charge is -2.40. The summed E-state index contributed by atoms with van der Waals surface area (Å²) in [6, 6.07) is 10.0. The molecular formula is C23H29ClO2Si. The van der Waals surface area contributed by atoms with Gasteiger partial charge in [0.05, 0.1) is 5.92 Å². The van der Waals surface area contributed by atoms with E-state index in [9.17, 15) is 4.79 Å². The van der Waals surface area contributed by atoms with Crippen LogP contribution in [0.15, 0.2) is 42.5 Å². The van der Waals surface area contributed by atoms with E-state index in [0.717, 1.165) is 29.4 Å². The molecule has 0 N–H and O–H groups in total. The van der Waals surface area contributed by atoms with Crippen molar-refractivity contribution in [3.8, 4) is 0 Å². The van der Waals surface area contributed by atoms with Crippen molar-refractivity contribution in [3.05, 3.63) is 42.5 Å². The van der Waals surface area contributed by atoms with Crippen LogP contribution in [0.3, 0.4) is 0 Å². The van der Waals surface area contributed by atoms with Gasteiger partial charge in [-0.2, -0.15) is 0 Å². The minimum Gasteiger partial charge on any atom is -0.499 e. The first-order valence-corrected chi connectivity index (χ1v) is 13.4. The Hall–Kier alpha value is -1.06. The Labute approximate surface area is 168 Å². The molecule has 1 aromatic carbocycles. The summed E-state index contributed by atoms with van der Waals surface area (Å²) in [6.45, 7) is 6.30. The Morgan fingerprint density at radius 1 is 1.04 bits per heavy atom. The number of carbonyl (C=O) groups excluding carboxylic acids is 1. The van der Waals surface area contributed by atoms with Crippen molar-refractivity contribution in [1.29, 1.82) is 0 Å². The SMILES string of the molecule is CC(C)(C)[Si](Cl)(OC(=O)C1CC2CC1C1C3C=CC(C3)C21)c1ccccc1. The van der Waals surface area contributed by atoms with Crippen molar-refractivity contribution in [3.63, 3.8) is 0 Å². The van der Waals surface area contributed by atoms with E-state index in [0.29, 0.717) is 17.8 Å². The lowest BCUT2D eigenvalue weighted by atomic mass is 9.69. The van der Waals surface area contributed by atoms with Crippen molar-refractivity contribution in [1.82, 2.24) is 0 Å². The minimum absolute atomic E-state index is 0.0202. The second-order valence-corrected chi connectivity index (χ2v) is 15.3. The molecule has 4 aliphatic carbocycles. The molecule has 27 heavy (non-hydrogen) atoms. The standard InChI is InChI=1S/C23H29ClO2Si/c1-23(2,3)27(24,17-7-5-4-6-8-17)26-22(25)19-13-16-12-18(19)21-15-10-9-14(11-15)20(16)21/h4-10,14-16,18-21H,11-13H2,1-3H3. The van der Waals surface area contributed by atoms with Crippen molar-refractivity contribution in [2.24, 2.45) is 41.4 Å². The first-order chi connectivity index (χ1) is 12.8. The average molecular weight is 401 g/mol. The Morgan fingerprint density at radius 3 is 2.37 bits per heavy atom. The summed E-state index contributed by atoms with van der Waals surface area (Å²) in [4.78, 5) is 13.4. The van der Waals surface area contributed by atoms with Gasteiger partial charge in [-0.25, -0.2) is 0 Å². The summed E-state index contributed by atoms with van der Waals surface area (Å²) in [5.41, 5.74) is 0. The number of fused-ring (bicyclic) bond motifs is 9. The summed E-state index contributed by atoms with van der Waals surface area (Å²) >= 11 is 7.18. The molecule has 8 unspecified atom stereocenters. The highest BCUT2D eigenvalue weighted by atomic mass is 35.6. The number of halogens is 1. The number of hydrogen-bond acceptors (Lipinski definition) is 2. The molecule has 5 rings (SSSR count). The van der Waals surface area contributed by atoms with Gasteiger partial charge >= 0.3 is 7.63 Å². The Balaban J connectivity index is 1.39. The first kappa shape index (κ1) is 18.0. The zero-order chi connectivity index (χ0) is 19.0. The smallest absolute Gasteiger partial charge is 0.388 e. The van der Waals surface area contributed by atoms with Crippen LogP contribution in [0.5, 0.6) is 0 Å². The molecule has 4 heteroatoms. The van der Waals surface area contributed by atoms with Gasteiger partial charge in [0.1, 0.15) is 0 Å². The fourth-order valence-corrected chi connectivity index (χ4v) is 9.74. The summed E-state index contributed by atoms with van der Waals surface area (Å²) < 4.78 is 6.30. The molecule has 0 radical (unpaired) electrons. The topological polar surface area (TPSA) is 26.3 Å². The molecule has 0 spiro atoms. The van der Waals surface area contributed by atoms with Gasteiger partial charge in [0, 0.05) is 5.04 Å². The summed E-state index contributed by atoms with van der Waals surface area (Å²) in [5, 5.41) is 0.734. The van der Waals surface area contributed by atoms with E-state index >= 15 is 0 Å². The van der Waals surface area contributed by atoms with Crippen molar-refractivity contribution in [2.75, 3.05) is 0 Å². The number of carbonyl (C=O) groups is 1. The van der Waals surface area contributed by atoms with Gasteiger partial charge in [-0.1, -0.05) is 63.3 Å². The van der Waals surface area contributed by atoms with Gasteiger partial charge in [-0.05, 0) is 60.0 Å². The van der Waals surface area contributed by atoms with E-state index < -0.39 is 7.63 Å². The number of rotatable bonds is 3. The third kappa shape index (κ3) is 2.54. The quantitative estimate of drug-likeness (QED) is 0.308. The molecular weight excluding hydrogens is 372 g/mol. The van der Waals surface area contributed by atoms with Gasteiger partial charge < -0.3 is 4.43 Å². The van der Waals surface area contributed by atoms with Gasteiger partial charge in [-0.15, -0.1) is 11.1 Å². The summed E-state index contributed by atoms with van der Waals surface area (Å²) in [7, 11) is -2.93. The van der Waals surface area contributed by atoms with Crippen molar-refractivity contribution < 1.29 is 9.22 Å². The van der Waals surface area contributed by atoms with E-state index in [-0.39, 0.29) is 16.9 Å². The third-order valence-corrected chi connectivity index (χ3v) is 14.0. The molecule has 3 fully saturated rings. The van der Waals surface area contributed by atoms with Crippen LogP contribution in [0.25, 0.3) is 0 Å². The predicted molar refractivity (Wildman–Crippen MR) is 111 cm³/mol. The lowest BCUT2D eigenvalue weighted by Crippen LogP contribution is -2.55. The second kappa shape index (κ2) is 5.97. The first-order valence-electron chi connectivity index (χ1n) is 10.5. The molecule has 3 saturated carbocycles. The van der Waals surface area contributed by atoms with Crippen LogP contribution in [-0.2, 0) is 9.22 Å². The molecule has 0 saturated heterocycles. The van der Waals surface area contributed by atoms with Crippen LogP contribution in [-0.4, -0.2) is 13.6 Å². The molecule has 0 amide bonds. The van der Waals surface area contributed by atoms with Gasteiger partial charge in [0.25, 0.3) is 5.97 Å². The third-order valence-electron chi connectivity index (χ3n) is 7.92. The van der Waals surface area contributed by atoms with E-state index in [2.05, 4.69) is 32.9 Å². The predicted octanol–water partition coefficient (Wildman–Crippen LogP) is 5.01. The van der Waals surface area contributed by atoms with Crippen molar-refractivity contribution >= 4 is 29.9 Å².